The van der Waals surface area contributed by atoms with E-state index in [1.54, 1.807) is 17.8 Å². The number of aryl methyl sites for hydroxylation is 1. The van der Waals surface area contributed by atoms with Gasteiger partial charge in [0.15, 0.2) is 4.77 Å². The van der Waals surface area contributed by atoms with Crippen LogP contribution in [0.15, 0.2) is 12.1 Å². The van der Waals surface area contributed by atoms with E-state index in [0.29, 0.717) is 10.3 Å². The van der Waals surface area contributed by atoms with Gasteiger partial charge in [0, 0.05) is 18.4 Å². The Balaban J connectivity index is 2.60. The molecule has 0 aliphatic heterocycles. The van der Waals surface area contributed by atoms with Gasteiger partial charge >= 0.3 is 0 Å². The molecular formula is C10H10ClFN2S2. The molecule has 0 fully saturated rings. The minimum Gasteiger partial charge on any atom is -0.330 e. The lowest BCUT2D eigenvalue weighted by Crippen LogP contribution is -2.00. The lowest BCUT2D eigenvalue weighted by Gasteiger charge is -2.03. The number of hydrogen-bond donors (Lipinski definition) is 1. The van der Waals surface area contributed by atoms with Crippen LogP contribution in [0.3, 0.4) is 0 Å². The Bertz CT molecular complexity index is 576. The molecule has 0 aliphatic carbocycles. The van der Waals surface area contributed by atoms with Gasteiger partial charge in [-0.3, -0.25) is 0 Å². The Morgan fingerprint density at radius 3 is 3.00 bits per heavy atom. The van der Waals surface area contributed by atoms with E-state index in [2.05, 4.69) is 4.98 Å². The normalized spacial score (nSPS) is 11.2. The van der Waals surface area contributed by atoms with Gasteiger partial charge in [0.05, 0.1) is 16.1 Å². The van der Waals surface area contributed by atoms with Crippen molar-refractivity contribution in [2.24, 2.45) is 0 Å². The number of halogens is 2. The van der Waals surface area contributed by atoms with Crippen LogP contribution in [-0.4, -0.2) is 21.6 Å². The van der Waals surface area contributed by atoms with Crippen molar-refractivity contribution in [3.8, 4) is 0 Å². The molecule has 1 aromatic carbocycles. The second kappa shape index (κ2) is 4.77. The Morgan fingerprint density at radius 1 is 1.56 bits per heavy atom. The zero-order valence-electron chi connectivity index (χ0n) is 8.59. The first kappa shape index (κ1) is 12.0. The van der Waals surface area contributed by atoms with Crippen LogP contribution in [-0.2, 0) is 6.54 Å². The molecule has 0 aliphatic rings. The molecule has 1 N–H and O–H groups in total. The van der Waals surface area contributed by atoms with Crippen molar-refractivity contribution >= 4 is 46.6 Å². The van der Waals surface area contributed by atoms with Crippen molar-refractivity contribution in [2.45, 2.75) is 6.54 Å². The van der Waals surface area contributed by atoms with Gasteiger partial charge in [-0.2, -0.15) is 11.8 Å². The average Bonchev–Trinajstić information content (AvgIpc) is 2.52. The first-order valence-corrected chi connectivity index (χ1v) is 6.88. The summed E-state index contributed by atoms with van der Waals surface area (Å²) in [5.41, 5.74) is 1.54. The smallest absolute Gasteiger partial charge is 0.178 e. The Labute approximate surface area is 107 Å². The topological polar surface area (TPSA) is 20.7 Å². The summed E-state index contributed by atoms with van der Waals surface area (Å²) in [7, 11) is 0. The van der Waals surface area contributed by atoms with Crippen LogP contribution < -0.4 is 0 Å². The minimum atomic E-state index is -0.428. The van der Waals surface area contributed by atoms with Gasteiger partial charge in [-0.15, -0.1) is 0 Å². The molecule has 0 unspecified atom stereocenters. The molecule has 1 aromatic heterocycles. The van der Waals surface area contributed by atoms with E-state index in [1.165, 1.54) is 6.07 Å². The first-order valence-electron chi connectivity index (χ1n) is 4.70. The molecule has 6 heteroatoms. The molecule has 2 rings (SSSR count). The van der Waals surface area contributed by atoms with E-state index in [0.717, 1.165) is 17.8 Å². The van der Waals surface area contributed by atoms with E-state index in [4.69, 9.17) is 23.8 Å². The third-order valence-electron chi connectivity index (χ3n) is 2.34. The molecule has 0 saturated heterocycles. The number of benzene rings is 1. The fraction of sp³-hybridized carbons (Fsp3) is 0.300. The van der Waals surface area contributed by atoms with E-state index in [1.807, 2.05) is 10.8 Å². The number of H-pyrrole nitrogens is 1. The zero-order valence-corrected chi connectivity index (χ0v) is 11.0. The lowest BCUT2D eigenvalue weighted by molar-refractivity contribution is 0.629. The second-order valence-corrected chi connectivity index (χ2v) is 5.14. The average molecular weight is 277 g/mol. The van der Waals surface area contributed by atoms with Crippen LogP contribution >= 0.6 is 35.6 Å². The molecule has 0 spiro atoms. The van der Waals surface area contributed by atoms with Crippen molar-refractivity contribution < 1.29 is 4.39 Å². The molecule has 2 nitrogen and oxygen atoms in total. The Hall–Kier alpha value is -0.520. The van der Waals surface area contributed by atoms with Crippen molar-refractivity contribution in [2.75, 3.05) is 12.0 Å². The highest BCUT2D eigenvalue weighted by atomic mass is 35.5. The largest absolute Gasteiger partial charge is 0.330 e. The summed E-state index contributed by atoms with van der Waals surface area (Å²) in [6.07, 6.45) is 2.03. The van der Waals surface area contributed by atoms with Crippen LogP contribution in [0, 0.1) is 10.6 Å². The van der Waals surface area contributed by atoms with Gasteiger partial charge in [0.2, 0.25) is 0 Å². The van der Waals surface area contributed by atoms with Gasteiger partial charge in [-0.25, -0.2) is 4.39 Å². The number of hydrogen-bond acceptors (Lipinski definition) is 2. The summed E-state index contributed by atoms with van der Waals surface area (Å²) >= 11 is 12.7. The number of aromatic nitrogens is 2. The summed E-state index contributed by atoms with van der Waals surface area (Å²) < 4.78 is 15.8. The summed E-state index contributed by atoms with van der Waals surface area (Å²) in [6, 6.07) is 2.99. The monoisotopic (exact) mass is 276 g/mol. The Morgan fingerprint density at radius 2 is 2.31 bits per heavy atom. The molecule has 16 heavy (non-hydrogen) atoms. The molecular weight excluding hydrogens is 267 g/mol. The van der Waals surface area contributed by atoms with Crippen molar-refractivity contribution in [3.05, 3.63) is 27.7 Å². The predicted molar refractivity (Wildman–Crippen MR) is 70.5 cm³/mol. The summed E-state index contributed by atoms with van der Waals surface area (Å²) in [5, 5.41) is 0.124. The number of aromatic amines is 1. The fourth-order valence-electron chi connectivity index (χ4n) is 1.56. The van der Waals surface area contributed by atoms with E-state index >= 15 is 0 Å². The third kappa shape index (κ3) is 2.12. The van der Waals surface area contributed by atoms with Crippen molar-refractivity contribution in [3.63, 3.8) is 0 Å². The molecule has 0 amide bonds. The quantitative estimate of drug-likeness (QED) is 0.860. The van der Waals surface area contributed by atoms with E-state index < -0.39 is 5.82 Å². The van der Waals surface area contributed by atoms with Crippen LogP contribution in [0.4, 0.5) is 4.39 Å². The molecule has 0 saturated carbocycles. The first-order chi connectivity index (χ1) is 7.63. The van der Waals surface area contributed by atoms with Crippen LogP contribution in [0.25, 0.3) is 11.0 Å². The number of nitrogens with zero attached hydrogens (tertiary/aromatic N) is 1. The minimum absolute atomic E-state index is 0.124. The molecule has 0 atom stereocenters. The van der Waals surface area contributed by atoms with Gasteiger partial charge in [-0.1, -0.05) is 11.6 Å². The Kier molecular flexibility index (Phi) is 3.56. The number of nitrogens with one attached hydrogen (secondary N) is 1. The van der Waals surface area contributed by atoms with E-state index in [9.17, 15) is 4.39 Å². The van der Waals surface area contributed by atoms with Crippen molar-refractivity contribution in [1.82, 2.24) is 9.55 Å². The second-order valence-electron chi connectivity index (χ2n) is 3.36. The van der Waals surface area contributed by atoms with Gasteiger partial charge < -0.3 is 9.55 Å². The number of fused-ring (bicyclic) bond motifs is 1. The lowest BCUT2D eigenvalue weighted by atomic mass is 10.3. The molecule has 86 valence electrons. The highest BCUT2D eigenvalue weighted by Gasteiger charge is 2.08. The van der Waals surface area contributed by atoms with Crippen LogP contribution in [0.1, 0.15) is 0 Å². The maximum Gasteiger partial charge on any atom is 0.178 e. The van der Waals surface area contributed by atoms with Gasteiger partial charge in [0.25, 0.3) is 0 Å². The molecule has 2 aromatic rings. The van der Waals surface area contributed by atoms with Crippen molar-refractivity contribution in [1.29, 1.82) is 0 Å². The maximum absolute atomic E-state index is 13.2. The maximum atomic E-state index is 13.2. The summed E-state index contributed by atoms with van der Waals surface area (Å²) in [4.78, 5) is 2.97. The highest BCUT2D eigenvalue weighted by molar-refractivity contribution is 7.98. The summed E-state index contributed by atoms with van der Waals surface area (Å²) in [6.45, 7) is 0.794. The number of imidazole rings is 1. The van der Waals surface area contributed by atoms with Gasteiger partial charge in [0.1, 0.15) is 5.82 Å². The number of rotatable bonds is 3. The van der Waals surface area contributed by atoms with Crippen LogP contribution in [0.5, 0.6) is 0 Å². The third-order valence-corrected chi connectivity index (χ3v) is 3.54. The molecule has 0 bridgehead atoms. The molecule has 0 radical (unpaired) electrons. The highest BCUT2D eigenvalue weighted by Crippen LogP contribution is 2.22. The summed E-state index contributed by atoms with van der Waals surface area (Å²) in [5.74, 6) is 0.526. The van der Waals surface area contributed by atoms with E-state index in [-0.39, 0.29) is 5.02 Å². The fourth-order valence-corrected chi connectivity index (χ4v) is 2.38. The predicted octanol–water partition coefficient (Wildman–Crippen LogP) is 3.85. The molecule has 1 heterocycles. The zero-order chi connectivity index (χ0) is 11.7. The number of thioether (sulfide) groups is 1. The van der Waals surface area contributed by atoms with Crippen LogP contribution in [0.2, 0.25) is 5.02 Å². The van der Waals surface area contributed by atoms with Gasteiger partial charge in [-0.05, 0) is 24.5 Å². The standard InChI is InChI=1S/C10H10ClFN2S2/c1-16-3-2-14-9-4-6(11)7(12)5-8(9)13-10(14)15/h4-5H,2-3H2,1H3,(H,13,15). The SMILES string of the molecule is CSCCn1c(=S)[nH]c2cc(F)c(Cl)cc21.